The Morgan fingerprint density at radius 1 is 1.38 bits per heavy atom. The molecule has 1 aromatic rings. The summed E-state index contributed by atoms with van der Waals surface area (Å²) in [5.74, 6) is 0.773. The highest BCUT2D eigenvalue weighted by molar-refractivity contribution is 5.88. The van der Waals surface area contributed by atoms with Gasteiger partial charge in [-0.05, 0) is 24.7 Å². The smallest absolute Gasteiger partial charge is 0.323 e. The Morgan fingerprint density at radius 2 is 2.08 bits per heavy atom. The van der Waals surface area contributed by atoms with Crippen LogP contribution in [0.2, 0.25) is 0 Å². The number of urea groups is 1. The van der Waals surface area contributed by atoms with Gasteiger partial charge in [0.25, 0.3) is 0 Å². The topological polar surface area (TPSA) is 70.4 Å². The molecule has 6 nitrogen and oxygen atoms in total. The molecule has 1 fully saturated rings. The zero-order valence-corrected chi connectivity index (χ0v) is 15.3. The molecule has 0 unspecified atom stereocenters. The van der Waals surface area contributed by atoms with Crippen LogP contribution in [-0.2, 0) is 0 Å². The van der Waals surface area contributed by atoms with Crippen molar-refractivity contribution in [3.05, 3.63) is 12.3 Å². The first-order chi connectivity index (χ1) is 11.4. The van der Waals surface area contributed by atoms with E-state index >= 15 is 0 Å². The third-order valence-electron chi connectivity index (χ3n) is 4.36. The molecule has 1 aliphatic rings. The molecule has 136 valence electrons. The van der Waals surface area contributed by atoms with Crippen LogP contribution in [-0.4, -0.2) is 45.5 Å². The van der Waals surface area contributed by atoms with E-state index in [1.165, 1.54) is 19.3 Å². The third kappa shape index (κ3) is 5.51. The molecule has 1 aliphatic carbocycles. The first-order valence-corrected chi connectivity index (χ1v) is 9.11. The fraction of sp³-hybridized carbons (Fsp3) is 0.778. The number of nitrogens with one attached hydrogen (secondary N) is 1. The lowest BCUT2D eigenvalue weighted by atomic mass is 9.96. The molecule has 0 aromatic carbocycles. The van der Waals surface area contributed by atoms with Crippen LogP contribution in [0.1, 0.15) is 65.3 Å². The van der Waals surface area contributed by atoms with Crippen molar-refractivity contribution in [1.29, 1.82) is 0 Å². The van der Waals surface area contributed by atoms with Crippen LogP contribution in [0.3, 0.4) is 0 Å². The van der Waals surface area contributed by atoms with Gasteiger partial charge in [-0.25, -0.2) is 9.48 Å². The number of rotatable bonds is 6. The predicted octanol–water partition coefficient (Wildman–Crippen LogP) is 3.65. The number of aliphatic hydroxyl groups is 1. The normalized spacial score (nSPS) is 16.2. The van der Waals surface area contributed by atoms with Crippen LogP contribution in [0.25, 0.3) is 0 Å². The van der Waals surface area contributed by atoms with Crippen molar-refractivity contribution in [2.24, 2.45) is 5.41 Å². The quantitative estimate of drug-likeness (QED) is 0.833. The van der Waals surface area contributed by atoms with Gasteiger partial charge >= 0.3 is 6.03 Å². The molecule has 0 atom stereocenters. The molecule has 0 saturated heterocycles. The van der Waals surface area contributed by atoms with E-state index in [-0.39, 0.29) is 18.1 Å². The second-order valence-electron chi connectivity index (χ2n) is 7.94. The maximum Gasteiger partial charge on any atom is 0.323 e. The average Bonchev–Trinajstić information content (AvgIpc) is 2.99. The molecule has 2 amide bonds. The van der Waals surface area contributed by atoms with E-state index in [0.29, 0.717) is 25.6 Å². The summed E-state index contributed by atoms with van der Waals surface area (Å²) in [4.78, 5) is 14.5. The Bertz CT molecular complexity index is 515. The molecule has 1 saturated carbocycles. The molecule has 0 aliphatic heterocycles. The summed E-state index contributed by atoms with van der Waals surface area (Å²) < 4.78 is 1.97. The second kappa shape index (κ2) is 8.51. The van der Waals surface area contributed by atoms with Gasteiger partial charge < -0.3 is 10.0 Å². The Labute approximate surface area is 145 Å². The number of nitrogens with zero attached hydrogens (tertiary/aromatic N) is 3. The highest BCUT2D eigenvalue weighted by atomic mass is 16.3. The van der Waals surface area contributed by atoms with Crippen molar-refractivity contribution in [1.82, 2.24) is 14.7 Å². The highest BCUT2D eigenvalue weighted by Crippen LogP contribution is 2.30. The minimum absolute atomic E-state index is 0.0103. The Kier molecular flexibility index (Phi) is 6.66. The number of carbonyl (C=O) groups excluding carboxylic acids is 1. The molecule has 24 heavy (non-hydrogen) atoms. The summed E-state index contributed by atoms with van der Waals surface area (Å²) in [6.07, 6.45) is 8.34. The largest absolute Gasteiger partial charge is 0.396 e. The van der Waals surface area contributed by atoms with E-state index in [1.807, 2.05) is 10.7 Å². The van der Waals surface area contributed by atoms with E-state index in [4.69, 9.17) is 5.11 Å². The summed E-state index contributed by atoms with van der Waals surface area (Å²) in [5.41, 5.74) is 0.0103. The number of amides is 2. The van der Waals surface area contributed by atoms with Crippen molar-refractivity contribution in [3.8, 4) is 0 Å². The maximum absolute atomic E-state index is 12.7. The number of aliphatic hydroxyl groups excluding tert-OH is 1. The van der Waals surface area contributed by atoms with Gasteiger partial charge in [0.05, 0.1) is 12.2 Å². The number of anilines is 1. The van der Waals surface area contributed by atoms with Crippen LogP contribution in [0, 0.1) is 5.41 Å². The first kappa shape index (κ1) is 18.8. The summed E-state index contributed by atoms with van der Waals surface area (Å²) >= 11 is 0. The standard InChI is InChI=1S/C18H32N4O2/c1-18(2,3)14-21(12-7-13-23)17(24)20-16-10-11-19-22(16)15-8-5-4-6-9-15/h10-11,15,23H,4-9,12-14H2,1-3H3,(H,20,24). The van der Waals surface area contributed by atoms with E-state index < -0.39 is 0 Å². The third-order valence-corrected chi connectivity index (χ3v) is 4.36. The van der Waals surface area contributed by atoms with Crippen molar-refractivity contribution in [2.45, 2.75) is 65.3 Å². The van der Waals surface area contributed by atoms with Gasteiger partial charge in [0.15, 0.2) is 0 Å². The average molecular weight is 336 g/mol. The zero-order chi connectivity index (χ0) is 17.6. The van der Waals surface area contributed by atoms with E-state index in [9.17, 15) is 4.79 Å². The molecule has 0 spiro atoms. The van der Waals surface area contributed by atoms with E-state index in [0.717, 1.165) is 18.7 Å². The lowest BCUT2D eigenvalue weighted by Gasteiger charge is -2.30. The lowest BCUT2D eigenvalue weighted by Crippen LogP contribution is -2.41. The SMILES string of the molecule is CC(C)(C)CN(CCCO)C(=O)Nc1ccnn1C1CCCCC1. The van der Waals surface area contributed by atoms with Crippen molar-refractivity contribution in [2.75, 3.05) is 25.0 Å². The Hall–Kier alpha value is -1.56. The number of hydrogen-bond acceptors (Lipinski definition) is 3. The van der Waals surface area contributed by atoms with Crippen LogP contribution in [0.4, 0.5) is 10.6 Å². The van der Waals surface area contributed by atoms with Crippen molar-refractivity contribution < 1.29 is 9.90 Å². The predicted molar refractivity (Wildman–Crippen MR) is 96.1 cm³/mol. The summed E-state index contributed by atoms with van der Waals surface area (Å²) in [6.45, 7) is 7.62. The van der Waals surface area contributed by atoms with Crippen LogP contribution in [0.5, 0.6) is 0 Å². The van der Waals surface area contributed by atoms with E-state index in [2.05, 4.69) is 31.2 Å². The van der Waals surface area contributed by atoms with Crippen LogP contribution in [0.15, 0.2) is 12.3 Å². The molecule has 0 bridgehead atoms. The zero-order valence-electron chi connectivity index (χ0n) is 15.3. The monoisotopic (exact) mass is 336 g/mol. The van der Waals surface area contributed by atoms with Gasteiger partial charge in [-0.15, -0.1) is 0 Å². The number of hydrogen-bond donors (Lipinski definition) is 2. The Balaban J connectivity index is 2.04. The van der Waals surface area contributed by atoms with Gasteiger partial charge in [0.1, 0.15) is 5.82 Å². The van der Waals surface area contributed by atoms with Gasteiger partial charge in [-0.2, -0.15) is 5.10 Å². The maximum atomic E-state index is 12.7. The summed E-state index contributed by atoms with van der Waals surface area (Å²) in [6, 6.07) is 2.14. The van der Waals surface area contributed by atoms with Gasteiger partial charge in [-0.1, -0.05) is 40.0 Å². The van der Waals surface area contributed by atoms with Crippen LogP contribution >= 0.6 is 0 Å². The fourth-order valence-electron chi connectivity index (χ4n) is 3.31. The number of carbonyl (C=O) groups is 1. The molecular formula is C18H32N4O2. The minimum Gasteiger partial charge on any atom is -0.396 e. The second-order valence-corrected chi connectivity index (χ2v) is 7.94. The fourth-order valence-corrected chi connectivity index (χ4v) is 3.31. The minimum atomic E-state index is -0.115. The summed E-state index contributed by atoms with van der Waals surface area (Å²) in [5, 5.41) is 16.6. The first-order valence-electron chi connectivity index (χ1n) is 9.11. The molecular weight excluding hydrogens is 304 g/mol. The molecule has 0 radical (unpaired) electrons. The molecule has 2 N–H and O–H groups in total. The lowest BCUT2D eigenvalue weighted by molar-refractivity contribution is 0.175. The van der Waals surface area contributed by atoms with Gasteiger partial charge in [0, 0.05) is 25.8 Å². The summed E-state index contributed by atoms with van der Waals surface area (Å²) in [7, 11) is 0. The molecule has 6 heteroatoms. The number of aromatic nitrogens is 2. The highest BCUT2D eigenvalue weighted by Gasteiger charge is 2.23. The molecule has 1 aromatic heterocycles. The van der Waals surface area contributed by atoms with Gasteiger partial charge in [-0.3, -0.25) is 5.32 Å². The molecule has 2 rings (SSSR count). The Morgan fingerprint density at radius 3 is 2.71 bits per heavy atom. The van der Waals surface area contributed by atoms with Crippen molar-refractivity contribution >= 4 is 11.8 Å². The van der Waals surface area contributed by atoms with Gasteiger partial charge in [0.2, 0.25) is 0 Å². The van der Waals surface area contributed by atoms with Crippen molar-refractivity contribution in [3.63, 3.8) is 0 Å². The van der Waals surface area contributed by atoms with Crippen LogP contribution < -0.4 is 5.32 Å². The molecule has 1 heterocycles. The van der Waals surface area contributed by atoms with E-state index in [1.54, 1.807) is 11.1 Å².